The number of fused-ring (bicyclic) bond motifs is 2. The van der Waals surface area contributed by atoms with Crippen molar-refractivity contribution in [3.63, 3.8) is 0 Å². The molecule has 0 bridgehead atoms. The third-order valence-electron chi connectivity index (χ3n) is 6.50. The summed E-state index contributed by atoms with van der Waals surface area (Å²) in [4.78, 5) is 26.8. The SMILES string of the molecule is Cc1ccccc1C1NC(=O)CC(c2cccc(Cl)c2)C12C(=O)Nc1cc(Cl)ccc12. The number of halogens is 2. The van der Waals surface area contributed by atoms with E-state index in [0.29, 0.717) is 15.7 Å². The maximum absolute atomic E-state index is 13.9. The molecule has 3 aromatic carbocycles. The van der Waals surface area contributed by atoms with Gasteiger partial charge in [0.1, 0.15) is 5.41 Å². The highest BCUT2D eigenvalue weighted by atomic mass is 35.5. The molecule has 0 saturated carbocycles. The first-order valence-electron chi connectivity index (χ1n) is 10.1. The second kappa shape index (κ2) is 7.40. The smallest absolute Gasteiger partial charge is 0.238 e. The van der Waals surface area contributed by atoms with Crippen molar-refractivity contribution in [2.24, 2.45) is 0 Å². The second-order valence-corrected chi connectivity index (χ2v) is 9.05. The number of hydrogen-bond donors (Lipinski definition) is 2. The minimum absolute atomic E-state index is 0.0981. The molecule has 2 N–H and O–H groups in total. The van der Waals surface area contributed by atoms with Crippen molar-refractivity contribution in [1.29, 1.82) is 0 Å². The molecule has 0 aliphatic carbocycles. The van der Waals surface area contributed by atoms with E-state index in [-0.39, 0.29) is 18.2 Å². The van der Waals surface area contributed by atoms with Crippen LogP contribution >= 0.6 is 23.2 Å². The Kier molecular flexibility index (Phi) is 4.80. The van der Waals surface area contributed by atoms with Crippen LogP contribution in [0.3, 0.4) is 0 Å². The molecule has 1 saturated heterocycles. The lowest BCUT2D eigenvalue weighted by atomic mass is 9.59. The number of carbonyl (C=O) groups is 2. The zero-order chi connectivity index (χ0) is 21.8. The van der Waals surface area contributed by atoms with Gasteiger partial charge in [-0.2, -0.15) is 0 Å². The maximum Gasteiger partial charge on any atom is 0.238 e. The third-order valence-corrected chi connectivity index (χ3v) is 6.97. The number of piperidine rings is 1. The fourth-order valence-corrected chi connectivity index (χ4v) is 5.55. The number of amides is 2. The molecule has 2 amide bonds. The average Bonchev–Trinajstić information content (AvgIpc) is 3.01. The lowest BCUT2D eigenvalue weighted by Crippen LogP contribution is -2.57. The minimum atomic E-state index is -1.04. The number of anilines is 1. The zero-order valence-electron chi connectivity index (χ0n) is 16.8. The van der Waals surface area contributed by atoms with Crippen LogP contribution in [0.5, 0.6) is 0 Å². The highest BCUT2D eigenvalue weighted by Crippen LogP contribution is 2.57. The normalized spacial score (nSPS) is 24.6. The topological polar surface area (TPSA) is 58.2 Å². The summed E-state index contributed by atoms with van der Waals surface area (Å²) in [5, 5.41) is 7.29. The van der Waals surface area contributed by atoms with Crippen LogP contribution in [-0.2, 0) is 15.0 Å². The van der Waals surface area contributed by atoms with E-state index in [9.17, 15) is 9.59 Å². The predicted octanol–water partition coefficient (Wildman–Crippen LogP) is 5.54. The van der Waals surface area contributed by atoms with Gasteiger partial charge in [0.05, 0.1) is 6.04 Å². The fraction of sp³-hybridized carbons (Fsp3) is 0.200. The van der Waals surface area contributed by atoms with E-state index in [1.54, 1.807) is 18.2 Å². The predicted molar refractivity (Wildman–Crippen MR) is 123 cm³/mol. The number of rotatable bonds is 2. The standard InChI is InChI=1S/C25H20Cl2N2O2/c1-14-5-2-3-8-18(14)23-25(19-10-9-17(27)12-21(19)28-24(25)31)20(13-22(30)29-23)15-6-4-7-16(26)11-15/h2-12,20,23H,13H2,1H3,(H,28,31)(H,29,30). The highest BCUT2D eigenvalue weighted by Gasteiger charge is 2.61. The van der Waals surface area contributed by atoms with Crippen molar-refractivity contribution < 1.29 is 9.59 Å². The Balaban J connectivity index is 1.83. The number of hydrogen-bond acceptors (Lipinski definition) is 2. The van der Waals surface area contributed by atoms with Crippen LogP contribution in [0.15, 0.2) is 66.7 Å². The van der Waals surface area contributed by atoms with Crippen molar-refractivity contribution in [3.8, 4) is 0 Å². The summed E-state index contributed by atoms with van der Waals surface area (Å²) in [6.07, 6.45) is 0.179. The van der Waals surface area contributed by atoms with E-state index in [0.717, 1.165) is 22.3 Å². The van der Waals surface area contributed by atoms with Crippen LogP contribution in [0.2, 0.25) is 10.0 Å². The van der Waals surface area contributed by atoms with Crippen molar-refractivity contribution in [2.75, 3.05) is 5.32 Å². The van der Waals surface area contributed by atoms with E-state index in [1.165, 1.54) is 0 Å². The van der Waals surface area contributed by atoms with Crippen LogP contribution in [0.1, 0.15) is 40.6 Å². The number of benzene rings is 3. The van der Waals surface area contributed by atoms with Crippen LogP contribution in [-0.4, -0.2) is 11.8 Å². The largest absolute Gasteiger partial charge is 0.348 e. The van der Waals surface area contributed by atoms with Crippen molar-refractivity contribution >= 4 is 40.7 Å². The minimum Gasteiger partial charge on any atom is -0.348 e. The molecule has 156 valence electrons. The van der Waals surface area contributed by atoms with Gasteiger partial charge < -0.3 is 10.6 Å². The van der Waals surface area contributed by atoms with E-state index >= 15 is 0 Å². The summed E-state index contributed by atoms with van der Waals surface area (Å²) in [6.45, 7) is 1.99. The Morgan fingerprint density at radius 3 is 2.48 bits per heavy atom. The molecule has 0 aromatic heterocycles. The molecule has 4 nitrogen and oxygen atoms in total. The number of aryl methyl sites for hydroxylation is 1. The van der Waals surface area contributed by atoms with Gasteiger partial charge in [-0.1, -0.05) is 65.7 Å². The zero-order valence-corrected chi connectivity index (χ0v) is 18.3. The first-order chi connectivity index (χ1) is 14.9. The van der Waals surface area contributed by atoms with Crippen molar-refractivity contribution in [1.82, 2.24) is 5.32 Å². The van der Waals surface area contributed by atoms with Crippen LogP contribution in [0.4, 0.5) is 5.69 Å². The summed E-state index contributed by atoms with van der Waals surface area (Å²) < 4.78 is 0. The van der Waals surface area contributed by atoms with Gasteiger partial charge in [0.25, 0.3) is 0 Å². The summed E-state index contributed by atoms with van der Waals surface area (Å²) in [7, 11) is 0. The second-order valence-electron chi connectivity index (χ2n) is 8.18. The molecule has 0 radical (unpaired) electrons. The Morgan fingerprint density at radius 1 is 0.935 bits per heavy atom. The van der Waals surface area contributed by atoms with Crippen molar-refractivity contribution in [3.05, 3.63) is 99.0 Å². The molecule has 6 heteroatoms. The van der Waals surface area contributed by atoms with Gasteiger partial charge in [-0.05, 0) is 53.4 Å². The Morgan fingerprint density at radius 2 is 1.71 bits per heavy atom. The monoisotopic (exact) mass is 450 g/mol. The average molecular weight is 451 g/mol. The molecule has 3 atom stereocenters. The Labute approximate surface area is 190 Å². The van der Waals surface area contributed by atoms with E-state index in [4.69, 9.17) is 23.2 Å². The molecule has 5 rings (SSSR count). The summed E-state index contributed by atoms with van der Waals surface area (Å²) in [5.74, 6) is -0.644. The first kappa shape index (κ1) is 20.1. The summed E-state index contributed by atoms with van der Waals surface area (Å²) in [5.41, 5.74) is 3.26. The molecule has 2 aliphatic rings. The van der Waals surface area contributed by atoms with Crippen LogP contribution in [0, 0.1) is 6.92 Å². The third kappa shape index (κ3) is 3.05. The Hall–Kier alpha value is -2.82. The first-order valence-corrected chi connectivity index (χ1v) is 10.9. The van der Waals surface area contributed by atoms with Gasteiger partial charge in [-0.25, -0.2) is 0 Å². The summed E-state index contributed by atoms with van der Waals surface area (Å²) >= 11 is 12.5. The number of carbonyl (C=O) groups excluding carboxylic acids is 2. The van der Waals surface area contributed by atoms with Gasteiger partial charge in [-0.15, -0.1) is 0 Å². The van der Waals surface area contributed by atoms with Crippen molar-refractivity contribution in [2.45, 2.75) is 30.7 Å². The highest BCUT2D eigenvalue weighted by molar-refractivity contribution is 6.31. The molecular formula is C25H20Cl2N2O2. The van der Waals surface area contributed by atoms with Gasteiger partial charge in [0.15, 0.2) is 0 Å². The maximum atomic E-state index is 13.9. The van der Waals surface area contributed by atoms with E-state index in [1.807, 2.05) is 55.5 Å². The molecular weight excluding hydrogens is 431 g/mol. The summed E-state index contributed by atoms with van der Waals surface area (Å²) in [6, 6.07) is 20.2. The lowest BCUT2D eigenvalue weighted by molar-refractivity contribution is -0.131. The van der Waals surface area contributed by atoms with Crippen LogP contribution < -0.4 is 10.6 Å². The fourth-order valence-electron chi connectivity index (χ4n) is 5.18. The molecule has 1 fully saturated rings. The number of nitrogens with one attached hydrogen (secondary N) is 2. The lowest BCUT2D eigenvalue weighted by Gasteiger charge is -2.46. The molecule has 2 heterocycles. The molecule has 3 unspecified atom stereocenters. The van der Waals surface area contributed by atoms with E-state index in [2.05, 4.69) is 10.6 Å². The molecule has 3 aromatic rings. The van der Waals surface area contributed by atoms with Gasteiger partial charge >= 0.3 is 0 Å². The quantitative estimate of drug-likeness (QED) is 0.538. The Bertz CT molecular complexity index is 1230. The van der Waals surface area contributed by atoms with Crippen LogP contribution in [0.25, 0.3) is 0 Å². The van der Waals surface area contributed by atoms with Gasteiger partial charge in [-0.3, -0.25) is 9.59 Å². The van der Waals surface area contributed by atoms with E-state index < -0.39 is 17.4 Å². The van der Waals surface area contributed by atoms with Gasteiger partial charge in [0, 0.05) is 28.1 Å². The molecule has 2 aliphatic heterocycles. The van der Waals surface area contributed by atoms with Gasteiger partial charge in [0.2, 0.25) is 11.8 Å². The molecule has 31 heavy (non-hydrogen) atoms. The molecule has 1 spiro atoms.